The molecule has 0 saturated heterocycles. The summed E-state index contributed by atoms with van der Waals surface area (Å²) in [4.78, 5) is 9.47. The first-order valence-electron chi connectivity index (χ1n) is 4.72. The molecule has 0 aliphatic carbocycles. The van der Waals surface area contributed by atoms with Crippen molar-refractivity contribution < 1.29 is 18.1 Å². The van der Waals surface area contributed by atoms with Crippen LogP contribution in [0.15, 0.2) is 24.9 Å². The minimum Gasteiger partial charge on any atom is -0.374 e. The van der Waals surface area contributed by atoms with Crippen LogP contribution in [0.1, 0.15) is 0 Å². The fourth-order valence-electron chi connectivity index (χ4n) is 0.500. The van der Waals surface area contributed by atoms with Gasteiger partial charge in [-0.25, -0.2) is 0 Å². The monoisotopic (exact) mass is 264 g/mol. The number of hydrogen-bond acceptors (Lipinski definition) is 5. The third-order valence-electron chi connectivity index (χ3n) is 1.30. The van der Waals surface area contributed by atoms with Crippen molar-refractivity contribution in [2.75, 3.05) is 35.4 Å². The van der Waals surface area contributed by atoms with Gasteiger partial charge in [0.2, 0.25) is 5.91 Å². The molecule has 0 aliphatic heterocycles. The first-order chi connectivity index (χ1) is 7.93. The van der Waals surface area contributed by atoms with Crippen LogP contribution in [0.2, 0.25) is 0 Å². The average Bonchev–Trinajstić information content (AvgIpc) is 2.34. The molecule has 17 heavy (non-hydrogen) atoms. The van der Waals surface area contributed by atoms with E-state index < -0.39 is 14.7 Å². The lowest BCUT2D eigenvalue weighted by molar-refractivity contribution is -0.113. The molecule has 0 aromatic carbocycles. The quantitative estimate of drug-likeness (QED) is 0.543. The summed E-state index contributed by atoms with van der Waals surface area (Å²) in [7, 11) is 5.95. The van der Waals surface area contributed by atoms with Gasteiger partial charge in [-0.2, -0.15) is 0 Å². The zero-order valence-corrected chi connectivity index (χ0v) is 12.3. The zero-order chi connectivity index (χ0) is 14.3. The van der Waals surface area contributed by atoms with Gasteiger partial charge in [0.1, 0.15) is 0 Å². The fourth-order valence-corrected chi connectivity index (χ4v) is 1.50. The summed E-state index contributed by atoms with van der Waals surface area (Å²) in [5.41, 5.74) is 6.11. The summed E-state index contributed by atoms with van der Waals surface area (Å²) in [5.74, 6) is -0.481. The Kier molecular flexibility index (Phi) is 18.8. The van der Waals surface area contributed by atoms with E-state index in [2.05, 4.69) is 24.2 Å². The van der Waals surface area contributed by atoms with E-state index in [9.17, 15) is 4.79 Å². The second-order valence-corrected chi connectivity index (χ2v) is 5.37. The first kappa shape index (κ1) is 21.3. The lowest BCUT2D eigenvalue weighted by Gasteiger charge is -2.19. The van der Waals surface area contributed by atoms with Gasteiger partial charge in [0.25, 0.3) is 0 Å². The number of primary amides is 1. The van der Waals surface area contributed by atoms with Crippen molar-refractivity contribution in [2.24, 2.45) is 5.73 Å². The third-order valence-corrected chi connectivity index (χ3v) is 3.51. The molecule has 0 aliphatic rings. The first-order valence-corrected chi connectivity index (χ1v) is 6.53. The van der Waals surface area contributed by atoms with Gasteiger partial charge in [-0.05, 0) is 25.9 Å². The Morgan fingerprint density at radius 2 is 1.41 bits per heavy atom. The molecular weight excluding hydrogens is 240 g/mol. The number of carbonyl (C=O) groups excluding carboxylic acids is 1. The molecule has 102 valence electrons. The van der Waals surface area contributed by atoms with Crippen LogP contribution in [0, 0.1) is 0 Å². The van der Waals surface area contributed by atoms with Crippen molar-refractivity contribution in [1.82, 2.24) is 5.32 Å². The van der Waals surface area contributed by atoms with Crippen LogP contribution < -0.4 is 11.1 Å². The van der Waals surface area contributed by atoms with E-state index in [1.807, 2.05) is 14.1 Å². The lowest BCUT2D eigenvalue weighted by atomic mass is 10.6. The molecule has 0 radical (unpaired) electrons. The van der Waals surface area contributed by atoms with Gasteiger partial charge in [-0.15, -0.1) is 0 Å². The number of hydrogen-bond donors (Lipinski definition) is 2. The van der Waals surface area contributed by atoms with Crippen molar-refractivity contribution in [3.8, 4) is 0 Å². The second-order valence-electron chi connectivity index (χ2n) is 2.53. The van der Waals surface area contributed by atoms with Gasteiger partial charge in [-0.3, -0.25) is 4.79 Å². The normalized spacial score (nSPS) is 9.00. The van der Waals surface area contributed by atoms with E-state index in [0.29, 0.717) is 0 Å². The Balaban J connectivity index is -0.000000207. The lowest BCUT2D eigenvalue weighted by Crippen LogP contribution is -2.40. The van der Waals surface area contributed by atoms with Gasteiger partial charge >= 0.3 is 8.80 Å². The maximum Gasteiger partial charge on any atom is 0.528 e. The van der Waals surface area contributed by atoms with E-state index >= 15 is 0 Å². The summed E-state index contributed by atoms with van der Waals surface area (Å²) < 4.78 is 14.9. The van der Waals surface area contributed by atoms with Gasteiger partial charge in [0, 0.05) is 21.3 Å². The smallest absolute Gasteiger partial charge is 0.374 e. The number of nitrogens with two attached hydrogens (primary N) is 1. The van der Waals surface area contributed by atoms with Crippen LogP contribution in [-0.2, 0) is 18.1 Å². The molecule has 0 atom stereocenters. The molecule has 1 amide bonds. The van der Waals surface area contributed by atoms with Crippen molar-refractivity contribution in [2.45, 2.75) is 0 Å². The summed E-state index contributed by atoms with van der Waals surface area (Å²) in [6.07, 6.45) is 1.06. The van der Waals surface area contributed by atoms with Crippen LogP contribution >= 0.6 is 0 Å². The molecule has 0 fully saturated rings. The van der Waals surface area contributed by atoms with Gasteiger partial charge < -0.3 is 24.3 Å². The molecule has 0 unspecified atom stereocenters. The van der Waals surface area contributed by atoms with E-state index in [1.165, 1.54) is 0 Å². The van der Waals surface area contributed by atoms with Crippen LogP contribution in [0.25, 0.3) is 0 Å². The molecule has 0 spiro atoms. The predicted molar refractivity (Wildman–Crippen MR) is 71.4 cm³/mol. The zero-order valence-electron chi connectivity index (χ0n) is 11.3. The molecule has 0 saturated carbocycles. The SMILES string of the molecule is C=CC(N)=O.C=C[Si](OC)(OC)OC.CNC. The number of amides is 1. The Morgan fingerprint density at radius 1 is 1.18 bits per heavy atom. The molecule has 0 aromatic heterocycles. The minimum absolute atomic E-state index is 0.481. The van der Waals surface area contributed by atoms with Crippen molar-refractivity contribution in [1.29, 1.82) is 0 Å². The summed E-state index contributed by atoms with van der Waals surface area (Å²) in [6, 6.07) is 0. The van der Waals surface area contributed by atoms with Crippen LogP contribution in [0.5, 0.6) is 0 Å². The molecule has 0 heterocycles. The van der Waals surface area contributed by atoms with Crippen LogP contribution in [0.3, 0.4) is 0 Å². The Labute approximate surface area is 105 Å². The highest BCUT2D eigenvalue weighted by Gasteiger charge is 2.33. The third kappa shape index (κ3) is 15.0. The second kappa shape index (κ2) is 15.0. The fraction of sp³-hybridized carbons (Fsp3) is 0.500. The number of nitrogens with one attached hydrogen (secondary N) is 1. The highest BCUT2D eigenvalue weighted by Crippen LogP contribution is 2.04. The largest absolute Gasteiger partial charge is 0.528 e. The van der Waals surface area contributed by atoms with Crippen LogP contribution in [0.4, 0.5) is 0 Å². The highest BCUT2D eigenvalue weighted by molar-refractivity contribution is 6.66. The molecular formula is C10H24N2O4Si. The van der Waals surface area contributed by atoms with Crippen molar-refractivity contribution in [3.63, 3.8) is 0 Å². The Morgan fingerprint density at radius 3 is 1.41 bits per heavy atom. The summed E-state index contributed by atoms with van der Waals surface area (Å²) in [6.45, 7) is 6.62. The van der Waals surface area contributed by atoms with E-state index in [4.69, 9.17) is 13.3 Å². The van der Waals surface area contributed by atoms with Gasteiger partial charge in [0.15, 0.2) is 0 Å². The minimum atomic E-state index is -2.43. The van der Waals surface area contributed by atoms with E-state index in [0.717, 1.165) is 6.08 Å². The Bertz CT molecular complexity index is 200. The number of carbonyl (C=O) groups is 1. The van der Waals surface area contributed by atoms with Gasteiger partial charge in [0.05, 0.1) is 0 Å². The highest BCUT2D eigenvalue weighted by atomic mass is 28.4. The average molecular weight is 264 g/mol. The van der Waals surface area contributed by atoms with E-state index in [1.54, 1.807) is 27.0 Å². The standard InChI is InChI=1S/C5H12O3Si.C3H5NO.C2H7N/c1-5-9(6-2,7-3)8-4;1-2-3(4)5;1-3-2/h5H,1H2,2-4H3;2H,1H2,(H2,4,5);3H,1-2H3. The van der Waals surface area contributed by atoms with Crippen molar-refractivity contribution in [3.05, 3.63) is 24.9 Å². The topological polar surface area (TPSA) is 82.8 Å². The summed E-state index contributed by atoms with van der Waals surface area (Å²) in [5, 5.41) is 2.75. The maximum absolute atomic E-state index is 9.47. The molecule has 0 aromatic rings. The molecule has 0 bridgehead atoms. The number of rotatable bonds is 5. The molecule has 6 nitrogen and oxygen atoms in total. The van der Waals surface area contributed by atoms with Crippen LogP contribution in [-0.4, -0.2) is 50.1 Å². The van der Waals surface area contributed by atoms with Crippen molar-refractivity contribution >= 4 is 14.7 Å². The molecule has 7 heteroatoms. The predicted octanol–water partition coefficient (Wildman–Crippen LogP) is 0.0830. The Hall–Kier alpha value is -0.993. The maximum atomic E-state index is 9.47. The van der Waals surface area contributed by atoms with Gasteiger partial charge in [-0.1, -0.05) is 13.2 Å². The molecule has 0 rings (SSSR count). The summed E-state index contributed by atoms with van der Waals surface area (Å²) >= 11 is 0. The van der Waals surface area contributed by atoms with E-state index in [-0.39, 0.29) is 0 Å². The molecule has 3 N–H and O–H groups in total.